The number of ether oxygens (including phenoxy) is 11. The summed E-state index contributed by atoms with van der Waals surface area (Å²) in [6, 6.07) is 12.7. The zero-order valence-corrected chi connectivity index (χ0v) is 52.9. The number of fused-ring (bicyclic) bond motifs is 1. The summed E-state index contributed by atoms with van der Waals surface area (Å²) in [4.78, 5) is 41.5. The Bertz CT molecular complexity index is 2830. The van der Waals surface area contributed by atoms with Gasteiger partial charge >= 0.3 is 5.97 Å². The molecule has 1 amide bonds. The Morgan fingerprint density at radius 1 is 0.656 bits per heavy atom. The number of amides is 1. The van der Waals surface area contributed by atoms with Crippen LogP contribution < -0.4 is 15.8 Å². The van der Waals surface area contributed by atoms with Crippen LogP contribution >= 0.6 is 0 Å². The maximum absolute atomic E-state index is 13.9. The van der Waals surface area contributed by atoms with Gasteiger partial charge < -0.3 is 77.9 Å². The molecule has 2 saturated heterocycles. The number of sulfonamides is 1. The number of nitrogens with two attached hydrogens (primary N) is 1. The molecule has 0 saturated carbocycles. The highest BCUT2D eigenvalue weighted by molar-refractivity contribution is 7.89. The molecule has 0 spiro atoms. The first-order valence-electron chi connectivity index (χ1n) is 30.8. The molecular formula is C62H90F4N8O15S. The van der Waals surface area contributed by atoms with Gasteiger partial charge in [0.15, 0.2) is 17.6 Å². The minimum atomic E-state index is -3.76. The second-order valence-corrected chi connectivity index (χ2v) is 23.2. The van der Waals surface area contributed by atoms with Crippen molar-refractivity contribution in [2.75, 3.05) is 205 Å². The first-order valence-corrected chi connectivity index (χ1v) is 32.2. The van der Waals surface area contributed by atoms with Gasteiger partial charge in [0.2, 0.25) is 33.3 Å². The van der Waals surface area contributed by atoms with Gasteiger partial charge in [-0.15, -0.1) is 0 Å². The lowest BCUT2D eigenvalue weighted by Crippen LogP contribution is -2.53. The molecule has 502 valence electrons. The fourth-order valence-corrected chi connectivity index (χ4v) is 11.0. The molecule has 3 N–H and O–H groups in total. The Hall–Kier alpha value is -5.73. The fourth-order valence-electron chi connectivity index (χ4n) is 9.36. The Morgan fingerprint density at radius 2 is 1.14 bits per heavy atom. The molecule has 3 aromatic rings. The predicted molar refractivity (Wildman–Crippen MR) is 329 cm³/mol. The normalized spacial score (nSPS) is 15.1. The summed E-state index contributed by atoms with van der Waals surface area (Å²) in [6.07, 6.45) is 3.44. The van der Waals surface area contributed by atoms with E-state index in [9.17, 15) is 35.6 Å². The number of likely N-dealkylation sites (N-methyl/N-ethyl adjacent to an activating group) is 1. The molecule has 3 heterocycles. The average molecular weight is 1300 g/mol. The van der Waals surface area contributed by atoms with Crippen molar-refractivity contribution in [3.63, 3.8) is 0 Å². The number of carbonyl (C=O) groups excluding carboxylic acids is 2. The van der Waals surface area contributed by atoms with Gasteiger partial charge in [0.05, 0.1) is 149 Å². The molecule has 0 unspecified atom stereocenters. The van der Waals surface area contributed by atoms with Crippen LogP contribution in [0, 0.1) is 29.2 Å². The number of nitrogens with zero attached hydrogens (tertiary/aromatic N) is 6. The van der Waals surface area contributed by atoms with Crippen LogP contribution in [0.5, 0.6) is 5.75 Å². The number of amidine groups is 1. The zero-order valence-electron chi connectivity index (χ0n) is 52.1. The lowest BCUT2D eigenvalue weighted by atomic mass is 10.0. The lowest BCUT2D eigenvalue weighted by molar-refractivity contribution is -0.136. The van der Waals surface area contributed by atoms with Gasteiger partial charge in [-0.1, -0.05) is 38.1 Å². The van der Waals surface area contributed by atoms with Gasteiger partial charge in [0.25, 0.3) is 0 Å². The number of halogens is 4. The van der Waals surface area contributed by atoms with E-state index >= 15 is 0 Å². The van der Waals surface area contributed by atoms with Crippen molar-refractivity contribution in [3.05, 3.63) is 82.9 Å². The summed E-state index contributed by atoms with van der Waals surface area (Å²) in [5, 5.41) is 3.47. The van der Waals surface area contributed by atoms with Crippen LogP contribution in [0.1, 0.15) is 45.1 Å². The predicted octanol–water partition coefficient (Wildman–Crippen LogP) is 5.31. The van der Waals surface area contributed by atoms with Crippen LogP contribution in [0.2, 0.25) is 0 Å². The van der Waals surface area contributed by atoms with Gasteiger partial charge in [0.1, 0.15) is 5.84 Å². The van der Waals surface area contributed by atoms with Crippen molar-refractivity contribution >= 4 is 45.5 Å². The number of hydrogen-bond acceptors (Lipinski definition) is 19. The van der Waals surface area contributed by atoms with Crippen molar-refractivity contribution in [1.82, 2.24) is 24.3 Å². The van der Waals surface area contributed by atoms with Crippen LogP contribution in [0.25, 0.3) is 17.2 Å². The van der Waals surface area contributed by atoms with Crippen LogP contribution in [-0.4, -0.2) is 256 Å². The van der Waals surface area contributed by atoms with E-state index < -0.39 is 51.4 Å². The third-order valence-corrected chi connectivity index (χ3v) is 16.0. The second-order valence-electron chi connectivity index (χ2n) is 21.3. The molecule has 28 heteroatoms. The van der Waals surface area contributed by atoms with Gasteiger partial charge in [0, 0.05) is 95.0 Å². The lowest BCUT2D eigenvalue weighted by Gasteiger charge is -2.38. The first kappa shape index (κ1) is 73.3. The monoisotopic (exact) mass is 1290 g/mol. The molecule has 3 aromatic carbocycles. The number of nitrogens with one attached hydrogen (secondary N) is 1. The standard InChI is InChI=1S/C62H90F4N8O15S/c1-4-13-72(14-5-2)61(76)51-39-50-10-9-49(41-55(50)70-56(67)42-51)48-7-6-8-52(40-48)90(77,78)74-45-47(46-74)44-69-62(73-17-15-71(3)16-18-73)68-12-20-80-22-24-82-26-28-84-30-32-86-34-36-88-38-37-87-35-33-85-31-29-83-27-25-81-23-21-79-19-11-57(75)89-60-58(65)53(63)43-54(64)59(60)66/h6-10,39-41,43,47H,4-5,11-38,42,44-46H2,1-3H3,(H2,67,70)(H,68,69). The van der Waals surface area contributed by atoms with E-state index in [-0.39, 0.29) is 55.6 Å². The van der Waals surface area contributed by atoms with E-state index in [0.29, 0.717) is 162 Å². The van der Waals surface area contributed by atoms with E-state index in [2.05, 4.69) is 45.7 Å². The highest BCUT2D eigenvalue weighted by Gasteiger charge is 2.37. The van der Waals surface area contributed by atoms with Gasteiger partial charge in [-0.2, -0.15) is 13.1 Å². The summed E-state index contributed by atoms with van der Waals surface area (Å²) in [6.45, 7) is 17.7. The fraction of sp³-hybridized carbons (Fsp3) is 0.613. The van der Waals surface area contributed by atoms with E-state index in [1.54, 1.807) is 18.2 Å². The smallest absolute Gasteiger partial charge is 0.313 e. The summed E-state index contributed by atoms with van der Waals surface area (Å²) in [5.41, 5.74) is 9.89. The van der Waals surface area contributed by atoms with E-state index in [1.165, 1.54) is 4.31 Å². The van der Waals surface area contributed by atoms with Crippen LogP contribution in [0.15, 0.2) is 69.0 Å². The molecule has 6 rings (SSSR count). The molecule has 0 radical (unpaired) electrons. The molecule has 0 aromatic heterocycles. The molecule has 2 fully saturated rings. The quantitative estimate of drug-likeness (QED) is 0.0139. The topological polar surface area (TPSA) is 246 Å². The van der Waals surface area contributed by atoms with Gasteiger partial charge in [-0.05, 0) is 55.3 Å². The average Bonchev–Trinajstić information content (AvgIpc) is 1.30. The van der Waals surface area contributed by atoms with E-state index in [0.717, 1.165) is 61.7 Å². The summed E-state index contributed by atoms with van der Waals surface area (Å²) < 4.78 is 143. The highest BCUT2D eigenvalue weighted by Crippen LogP contribution is 2.34. The SMILES string of the molecule is CCCN(CCC)C(=O)C1=Cc2ccc(-c3cccc(S(=O)(=O)N4CC(C/N=C(\NCCOCCOCCOCCOCCOCCOCCOCCOCCOCCOCCC(=O)Oc5c(F)c(F)cc(F)c5F)N5CCN(C)CC5)C4)c3)cc2N=C(N)C1. The van der Waals surface area contributed by atoms with Crippen LogP contribution in [0.4, 0.5) is 23.2 Å². The van der Waals surface area contributed by atoms with Crippen molar-refractivity contribution in [3.8, 4) is 16.9 Å². The maximum atomic E-state index is 13.9. The second kappa shape index (κ2) is 41.0. The summed E-state index contributed by atoms with van der Waals surface area (Å²) in [7, 11) is -1.66. The Balaban J connectivity index is 0.722. The number of hydrogen-bond donors (Lipinski definition) is 2. The van der Waals surface area contributed by atoms with E-state index in [1.807, 2.05) is 35.2 Å². The number of esters is 1. The van der Waals surface area contributed by atoms with Crippen LogP contribution in [-0.2, 0) is 67.0 Å². The number of rotatable bonds is 44. The minimum Gasteiger partial charge on any atom is -0.420 e. The number of carbonyl (C=O) groups is 2. The summed E-state index contributed by atoms with van der Waals surface area (Å²) >= 11 is 0. The largest absolute Gasteiger partial charge is 0.420 e. The number of aliphatic imine (C=N–C) groups is 2. The Labute approximate surface area is 526 Å². The van der Waals surface area contributed by atoms with Gasteiger partial charge in [-0.3, -0.25) is 14.6 Å². The first-order chi connectivity index (χ1) is 43.7. The van der Waals surface area contributed by atoms with E-state index in [4.69, 9.17) is 58.1 Å². The zero-order chi connectivity index (χ0) is 64.4. The van der Waals surface area contributed by atoms with Crippen molar-refractivity contribution < 1.29 is 87.7 Å². The maximum Gasteiger partial charge on any atom is 0.313 e. The highest BCUT2D eigenvalue weighted by atomic mass is 32.2. The number of piperazine rings is 1. The third kappa shape index (κ3) is 25.4. The number of guanidine groups is 1. The van der Waals surface area contributed by atoms with Crippen LogP contribution in [0.3, 0.4) is 0 Å². The molecule has 0 aliphatic carbocycles. The third-order valence-electron chi connectivity index (χ3n) is 14.2. The molecule has 0 atom stereocenters. The summed E-state index contributed by atoms with van der Waals surface area (Å²) in [5.74, 6) is -8.35. The van der Waals surface area contributed by atoms with Crippen molar-refractivity contribution in [2.45, 2.75) is 44.4 Å². The molecule has 3 aliphatic rings. The minimum absolute atomic E-state index is 0.0160. The molecule has 23 nitrogen and oxygen atoms in total. The molecule has 3 aliphatic heterocycles. The molecule has 0 bridgehead atoms. The Morgan fingerprint density at radius 3 is 1.66 bits per heavy atom. The van der Waals surface area contributed by atoms with Crippen molar-refractivity contribution in [1.29, 1.82) is 0 Å². The Kier molecular flexibility index (Phi) is 33.4. The molecular weight excluding hydrogens is 1200 g/mol. The van der Waals surface area contributed by atoms with Gasteiger partial charge in [-0.25, -0.2) is 22.2 Å². The molecule has 90 heavy (non-hydrogen) atoms. The van der Waals surface area contributed by atoms with Crippen molar-refractivity contribution in [2.24, 2.45) is 21.6 Å². The number of benzene rings is 3.